The molecule has 1 heterocycles. The Kier molecular flexibility index (Phi) is 4.89. The molecular formula is C19H18N4O2. The van der Waals surface area contributed by atoms with Gasteiger partial charge in [-0.15, -0.1) is 0 Å². The van der Waals surface area contributed by atoms with Crippen molar-refractivity contribution >= 4 is 12.1 Å². The molecule has 0 atom stereocenters. The molecular weight excluding hydrogens is 316 g/mol. The number of hydrogen-bond donors (Lipinski definition) is 2. The molecule has 25 heavy (non-hydrogen) atoms. The molecule has 6 nitrogen and oxygen atoms in total. The van der Waals surface area contributed by atoms with Gasteiger partial charge in [-0.3, -0.25) is 14.7 Å². The first-order valence-corrected chi connectivity index (χ1v) is 7.88. The normalized spacial score (nSPS) is 10.9. The largest absolute Gasteiger partial charge is 0.295 e. The van der Waals surface area contributed by atoms with Crippen LogP contribution in [0, 0.1) is 6.92 Å². The number of aryl methyl sites for hydroxylation is 1. The highest BCUT2D eigenvalue weighted by molar-refractivity contribution is 5.83. The number of benzene rings is 2. The van der Waals surface area contributed by atoms with Crippen molar-refractivity contribution in [3.05, 3.63) is 87.8 Å². The van der Waals surface area contributed by atoms with Crippen LogP contribution in [-0.4, -0.2) is 21.9 Å². The number of aromatic nitrogens is 2. The average Bonchev–Trinajstić information content (AvgIpc) is 2.91. The van der Waals surface area contributed by atoms with Gasteiger partial charge in [0.15, 0.2) is 0 Å². The first-order chi connectivity index (χ1) is 12.1. The van der Waals surface area contributed by atoms with Crippen LogP contribution >= 0.6 is 0 Å². The lowest BCUT2D eigenvalue weighted by Crippen LogP contribution is -2.21. The predicted octanol–water partition coefficient (Wildman–Crippen LogP) is 2.17. The Morgan fingerprint density at radius 1 is 1.12 bits per heavy atom. The van der Waals surface area contributed by atoms with Gasteiger partial charge in [0.25, 0.3) is 5.56 Å². The molecule has 0 unspecified atom stereocenters. The third-order valence-electron chi connectivity index (χ3n) is 3.72. The van der Waals surface area contributed by atoms with Gasteiger partial charge in [0, 0.05) is 5.69 Å². The zero-order chi connectivity index (χ0) is 17.6. The van der Waals surface area contributed by atoms with Crippen molar-refractivity contribution in [2.75, 3.05) is 0 Å². The summed E-state index contributed by atoms with van der Waals surface area (Å²) in [5.41, 5.74) is 4.96. The molecule has 0 aliphatic rings. The fraction of sp³-hybridized carbons (Fsp3) is 0.105. The second-order valence-corrected chi connectivity index (χ2v) is 5.58. The van der Waals surface area contributed by atoms with E-state index in [2.05, 4.69) is 15.6 Å². The maximum atomic E-state index is 12.5. The molecule has 0 fully saturated rings. The third-order valence-corrected chi connectivity index (χ3v) is 3.72. The van der Waals surface area contributed by atoms with E-state index in [-0.39, 0.29) is 17.9 Å². The van der Waals surface area contributed by atoms with Crippen LogP contribution in [0.1, 0.15) is 16.8 Å². The minimum Gasteiger partial charge on any atom is -0.295 e. The van der Waals surface area contributed by atoms with E-state index in [0.29, 0.717) is 11.3 Å². The summed E-state index contributed by atoms with van der Waals surface area (Å²) in [4.78, 5) is 24.4. The molecule has 0 spiro atoms. The first kappa shape index (κ1) is 16.4. The van der Waals surface area contributed by atoms with Crippen LogP contribution in [-0.2, 0) is 11.2 Å². The third kappa shape index (κ3) is 3.92. The molecule has 2 aromatic carbocycles. The Morgan fingerprint density at radius 3 is 2.44 bits per heavy atom. The SMILES string of the molecule is Cc1[nH]n(-c2ccccc2)c(=O)c1C=NNC(=O)Cc1ccccc1. The van der Waals surface area contributed by atoms with Gasteiger partial charge in [0.2, 0.25) is 5.91 Å². The molecule has 3 aromatic rings. The maximum Gasteiger partial charge on any atom is 0.280 e. The number of carbonyl (C=O) groups is 1. The summed E-state index contributed by atoms with van der Waals surface area (Å²) in [6.45, 7) is 1.79. The van der Waals surface area contributed by atoms with E-state index < -0.39 is 0 Å². The highest BCUT2D eigenvalue weighted by Gasteiger charge is 2.10. The van der Waals surface area contributed by atoms with Gasteiger partial charge >= 0.3 is 0 Å². The van der Waals surface area contributed by atoms with Crippen molar-refractivity contribution in [1.82, 2.24) is 15.2 Å². The van der Waals surface area contributed by atoms with E-state index in [4.69, 9.17) is 0 Å². The monoisotopic (exact) mass is 334 g/mol. The Balaban J connectivity index is 1.71. The Hall–Kier alpha value is -3.41. The summed E-state index contributed by atoms with van der Waals surface area (Å²) >= 11 is 0. The minimum absolute atomic E-state index is 0.218. The van der Waals surface area contributed by atoms with Crippen LogP contribution in [0.4, 0.5) is 0 Å². The molecule has 6 heteroatoms. The van der Waals surface area contributed by atoms with E-state index in [1.54, 1.807) is 6.92 Å². The summed E-state index contributed by atoms with van der Waals surface area (Å²) in [6.07, 6.45) is 1.61. The van der Waals surface area contributed by atoms with E-state index in [1.165, 1.54) is 10.9 Å². The number of carbonyl (C=O) groups excluding carboxylic acids is 1. The lowest BCUT2D eigenvalue weighted by Gasteiger charge is -1.99. The zero-order valence-corrected chi connectivity index (χ0v) is 13.8. The van der Waals surface area contributed by atoms with E-state index in [0.717, 1.165) is 11.3 Å². The molecule has 3 rings (SSSR count). The van der Waals surface area contributed by atoms with Crippen LogP contribution in [0.5, 0.6) is 0 Å². The van der Waals surface area contributed by atoms with Crippen molar-refractivity contribution in [3.63, 3.8) is 0 Å². The number of aromatic amines is 1. The van der Waals surface area contributed by atoms with Crippen molar-refractivity contribution in [1.29, 1.82) is 0 Å². The maximum absolute atomic E-state index is 12.5. The van der Waals surface area contributed by atoms with E-state index in [9.17, 15) is 9.59 Å². The standard InChI is InChI=1S/C19H18N4O2/c1-14-17(19(25)23(22-14)16-10-6-3-7-11-16)13-20-21-18(24)12-15-8-4-2-5-9-15/h2-11,13,22H,12H2,1H3,(H,21,24). The highest BCUT2D eigenvalue weighted by Crippen LogP contribution is 2.05. The van der Waals surface area contributed by atoms with Crippen LogP contribution in [0.3, 0.4) is 0 Å². The Morgan fingerprint density at radius 2 is 1.76 bits per heavy atom. The Labute approximate surface area is 144 Å². The minimum atomic E-state index is -0.237. The lowest BCUT2D eigenvalue weighted by molar-refractivity contribution is -0.120. The molecule has 0 saturated carbocycles. The Bertz CT molecular complexity index is 941. The lowest BCUT2D eigenvalue weighted by atomic mass is 10.1. The van der Waals surface area contributed by atoms with E-state index >= 15 is 0 Å². The summed E-state index contributed by atoms with van der Waals surface area (Å²) < 4.78 is 1.45. The number of hydrogen-bond acceptors (Lipinski definition) is 3. The van der Waals surface area contributed by atoms with Gasteiger partial charge in [-0.2, -0.15) is 5.10 Å². The van der Waals surface area contributed by atoms with Gasteiger partial charge in [-0.25, -0.2) is 10.1 Å². The highest BCUT2D eigenvalue weighted by atomic mass is 16.2. The van der Waals surface area contributed by atoms with Crippen LogP contribution < -0.4 is 11.0 Å². The molecule has 0 aliphatic carbocycles. The second-order valence-electron chi connectivity index (χ2n) is 5.58. The van der Waals surface area contributed by atoms with Crippen molar-refractivity contribution in [2.45, 2.75) is 13.3 Å². The molecule has 1 amide bonds. The number of H-pyrrole nitrogens is 1. The number of rotatable bonds is 5. The number of amides is 1. The quantitative estimate of drug-likeness (QED) is 0.554. The van der Waals surface area contributed by atoms with Gasteiger partial charge < -0.3 is 0 Å². The summed E-state index contributed by atoms with van der Waals surface area (Å²) in [7, 11) is 0. The summed E-state index contributed by atoms with van der Waals surface area (Å²) in [5, 5.41) is 6.92. The van der Waals surface area contributed by atoms with Crippen molar-refractivity contribution in [2.24, 2.45) is 5.10 Å². The summed E-state index contributed by atoms with van der Waals surface area (Å²) in [5.74, 6) is -0.237. The molecule has 0 bridgehead atoms. The number of hydrazone groups is 1. The molecule has 2 N–H and O–H groups in total. The van der Waals surface area contributed by atoms with Gasteiger partial charge in [0.1, 0.15) is 0 Å². The number of para-hydroxylation sites is 1. The average molecular weight is 334 g/mol. The van der Waals surface area contributed by atoms with Crippen molar-refractivity contribution < 1.29 is 4.79 Å². The van der Waals surface area contributed by atoms with Crippen LogP contribution in [0.2, 0.25) is 0 Å². The topological polar surface area (TPSA) is 79.2 Å². The van der Waals surface area contributed by atoms with Crippen molar-refractivity contribution in [3.8, 4) is 5.69 Å². The summed E-state index contributed by atoms with van der Waals surface area (Å²) in [6, 6.07) is 18.7. The van der Waals surface area contributed by atoms with Gasteiger partial charge in [0.05, 0.1) is 23.9 Å². The molecule has 126 valence electrons. The number of nitrogens with zero attached hydrogens (tertiary/aromatic N) is 2. The van der Waals surface area contributed by atoms with Crippen LogP contribution in [0.25, 0.3) is 5.69 Å². The first-order valence-electron chi connectivity index (χ1n) is 7.88. The fourth-order valence-electron chi connectivity index (χ4n) is 2.46. The molecule has 0 radical (unpaired) electrons. The predicted molar refractivity (Wildman–Crippen MR) is 97.0 cm³/mol. The zero-order valence-electron chi connectivity index (χ0n) is 13.8. The number of nitrogens with one attached hydrogen (secondary N) is 2. The van der Waals surface area contributed by atoms with E-state index in [1.807, 2.05) is 60.7 Å². The smallest absolute Gasteiger partial charge is 0.280 e. The molecule has 0 aliphatic heterocycles. The van der Waals surface area contributed by atoms with Gasteiger partial charge in [-0.05, 0) is 24.6 Å². The van der Waals surface area contributed by atoms with Crippen LogP contribution in [0.15, 0.2) is 70.6 Å². The molecule has 1 aromatic heterocycles. The fourth-order valence-corrected chi connectivity index (χ4v) is 2.46. The molecule has 0 saturated heterocycles. The second kappa shape index (κ2) is 7.44. The van der Waals surface area contributed by atoms with Gasteiger partial charge in [-0.1, -0.05) is 48.5 Å².